The average Bonchev–Trinajstić information content (AvgIpc) is 2.49. The smallest absolute Gasteiger partial charge is 0.142 e. The summed E-state index contributed by atoms with van der Waals surface area (Å²) in [6.07, 6.45) is 6.16. The van der Waals surface area contributed by atoms with Crippen LogP contribution >= 0.6 is 0 Å². The third kappa shape index (κ3) is 3.39. The lowest BCUT2D eigenvalue weighted by Gasteiger charge is -2.10. The molecule has 0 aliphatic carbocycles. The average molecular weight is 280 g/mol. The highest BCUT2D eigenvalue weighted by atomic mass is 16.3. The van der Waals surface area contributed by atoms with Gasteiger partial charge in [0.1, 0.15) is 17.8 Å². The zero-order chi connectivity index (χ0) is 15.2. The van der Waals surface area contributed by atoms with E-state index in [-0.39, 0.29) is 11.5 Å². The number of hydrogen-bond acceptors (Lipinski definition) is 3. The van der Waals surface area contributed by atoms with Crippen LogP contribution in [-0.4, -0.2) is 16.5 Å². The molecule has 3 heteroatoms. The van der Waals surface area contributed by atoms with E-state index >= 15 is 0 Å². The second-order valence-electron chi connectivity index (χ2n) is 4.62. The van der Waals surface area contributed by atoms with E-state index in [1.54, 1.807) is 36.4 Å². The number of benzene rings is 2. The van der Waals surface area contributed by atoms with Crippen molar-refractivity contribution in [3.05, 3.63) is 66.3 Å². The lowest BCUT2D eigenvalue weighted by molar-refractivity contribution is -0.104. The van der Waals surface area contributed by atoms with Gasteiger partial charge < -0.3 is 10.2 Å². The minimum absolute atomic E-state index is 0.0734. The van der Waals surface area contributed by atoms with Crippen molar-refractivity contribution in [3.8, 4) is 22.6 Å². The fourth-order valence-electron chi connectivity index (χ4n) is 2.12. The van der Waals surface area contributed by atoms with Crippen LogP contribution in [0, 0.1) is 0 Å². The third-order valence-corrected chi connectivity index (χ3v) is 3.12. The van der Waals surface area contributed by atoms with Crippen molar-refractivity contribution < 1.29 is 15.0 Å². The Labute approximate surface area is 123 Å². The van der Waals surface area contributed by atoms with Crippen LogP contribution in [0.15, 0.2) is 55.1 Å². The van der Waals surface area contributed by atoms with Crippen LogP contribution in [0.2, 0.25) is 0 Å². The van der Waals surface area contributed by atoms with Gasteiger partial charge in [-0.05, 0) is 47.9 Å². The minimum atomic E-state index is 0.0734. The first-order valence-electron chi connectivity index (χ1n) is 6.53. The molecule has 2 aromatic rings. The molecule has 0 atom stereocenters. The number of hydrogen-bond donors (Lipinski definition) is 2. The highest BCUT2D eigenvalue weighted by molar-refractivity contribution is 5.80. The van der Waals surface area contributed by atoms with Crippen molar-refractivity contribution in [1.29, 1.82) is 0 Å². The SMILES string of the molecule is C=CCc1ccc(O)c(-c2cc(/C=C/C=O)ccc2O)c1. The monoisotopic (exact) mass is 280 g/mol. The summed E-state index contributed by atoms with van der Waals surface area (Å²) in [5, 5.41) is 20.1. The number of carbonyl (C=O) groups is 1. The Kier molecular flexibility index (Phi) is 4.57. The van der Waals surface area contributed by atoms with Crippen LogP contribution in [0.3, 0.4) is 0 Å². The van der Waals surface area contributed by atoms with Crippen LogP contribution in [-0.2, 0) is 11.2 Å². The zero-order valence-corrected chi connectivity index (χ0v) is 11.5. The molecule has 0 fully saturated rings. The molecule has 0 saturated carbocycles. The second kappa shape index (κ2) is 6.57. The van der Waals surface area contributed by atoms with Gasteiger partial charge in [-0.3, -0.25) is 4.79 Å². The summed E-state index contributed by atoms with van der Waals surface area (Å²) in [7, 11) is 0. The van der Waals surface area contributed by atoms with Gasteiger partial charge in [0.25, 0.3) is 0 Å². The lowest BCUT2D eigenvalue weighted by atomic mass is 9.98. The summed E-state index contributed by atoms with van der Waals surface area (Å²) in [4.78, 5) is 10.4. The summed E-state index contributed by atoms with van der Waals surface area (Å²) < 4.78 is 0. The van der Waals surface area contributed by atoms with Gasteiger partial charge in [-0.25, -0.2) is 0 Å². The molecule has 0 aliphatic heterocycles. The van der Waals surface area contributed by atoms with Gasteiger partial charge in [-0.1, -0.05) is 24.3 Å². The van der Waals surface area contributed by atoms with Gasteiger partial charge in [0, 0.05) is 11.1 Å². The van der Waals surface area contributed by atoms with E-state index in [2.05, 4.69) is 6.58 Å². The highest BCUT2D eigenvalue weighted by Crippen LogP contribution is 2.36. The molecule has 0 aliphatic rings. The van der Waals surface area contributed by atoms with Crippen molar-refractivity contribution in [3.63, 3.8) is 0 Å². The lowest BCUT2D eigenvalue weighted by Crippen LogP contribution is -1.87. The normalized spacial score (nSPS) is 10.7. The Morgan fingerprint density at radius 1 is 1.00 bits per heavy atom. The van der Waals surface area contributed by atoms with Gasteiger partial charge in [-0.2, -0.15) is 0 Å². The maximum Gasteiger partial charge on any atom is 0.142 e. The van der Waals surface area contributed by atoms with Gasteiger partial charge in [-0.15, -0.1) is 6.58 Å². The van der Waals surface area contributed by atoms with E-state index in [9.17, 15) is 15.0 Å². The third-order valence-electron chi connectivity index (χ3n) is 3.12. The number of carbonyl (C=O) groups excluding carboxylic acids is 1. The van der Waals surface area contributed by atoms with Crippen LogP contribution in [0.4, 0.5) is 0 Å². The highest BCUT2D eigenvalue weighted by Gasteiger charge is 2.10. The predicted molar refractivity (Wildman–Crippen MR) is 84.2 cm³/mol. The Hall–Kier alpha value is -2.81. The van der Waals surface area contributed by atoms with Gasteiger partial charge >= 0.3 is 0 Å². The molecule has 21 heavy (non-hydrogen) atoms. The van der Waals surface area contributed by atoms with Crippen LogP contribution in [0.1, 0.15) is 11.1 Å². The minimum Gasteiger partial charge on any atom is -0.507 e. The van der Waals surface area contributed by atoms with Crippen molar-refractivity contribution in [2.24, 2.45) is 0 Å². The number of phenols is 2. The molecule has 0 amide bonds. The summed E-state index contributed by atoms with van der Waals surface area (Å²) in [5.41, 5.74) is 2.83. The topological polar surface area (TPSA) is 57.5 Å². The largest absolute Gasteiger partial charge is 0.507 e. The summed E-state index contributed by atoms with van der Waals surface area (Å²) >= 11 is 0. The number of aldehydes is 1. The number of aromatic hydroxyl groups is 2. The van der Waals surface area contributed by atoms with Gasteiger partial charge in [0.05, 0.1) is 0 Å². The molecule has 0 heterocycles. The van der Waals surface area contributed by atoms with Crippen LogP contribution < -0.4 is 0 Å². The molecular formula is C18H16O3. The van der Waals surface area contributed by atoms with E-state index in [4.69, 9.17) is 0 Å². The van der Waals surface area contributed by atoms with Crippen molar-refractivity contribution in [2.75, 3.05) is 0 Å². The maximum atomic E-state index is 10.4. The molecule has 2 rings (SSSR count). The van der Waals surface area contributed by atoms with Crippen molar-refractivity contribution in [2.45, 2.75) is 6.42 Å². The zero-order valence-electron chi connectivity index (χ0n) is 11.5. The Morgan fingerprint density at radius 3 is 2.33 bits per heavy atom. The fourth-order valence-corrected chi connectivity index (χ4v) is 2.12. The second-order valence-corrected chi connectivity index (χ2v) is 4.62. The van der Waals surface area contributed by atoms with Gasteiger partial charge in [0.15, 0.2) is 0 Å². The number of phenolic OH excluding ortho intramolecular Hbond substituents is 2. The van der Waals surface area contributed by atoms with E-state index < -0.39 is 0 Å². The standard InChI is InChI=1S/C18H16O3/c1-2-4-13-6-8-17(20)15(11-13)16-12-14(5-3-10-19)7-9-18(16)21/h2-3,5-12,20-21H,1,4H2/b5-3+. The Morgan fingerprint density at radius 2 is 1.67 bits per heavy atom. The number of allylic oxidation sites excluding steroid dienone is 2. The summed E-state index contributed by atoms with van der Waals surface area (Å²) in [6, 6.07) is 10.2. The first kappa shape index (κ1) is 14.6. The Bertz CT molecular complexity index is 700. The quantitative estimate of drug-likeness (QED) is 0.499. The van der Waals surface area contributed by atoms with Gasteiger partial charge in [0.2, 0.25) is 0 Å². The van der Waals surface area contributed by atoms with Crippen molar-refractivity contribution >= 4 is 12.4 Å². The van der Waals surface area contributed by atoms with Crippen LogP contribution in [0.25, 0.3) is 17.2 Å². The van der Waals surface area contributed by atoms with E-state index in [1.165, 1.54) is 6.08 Å². The molecular weight excluding hydrogens is 264 g/mol. The molecule has 0 spiro atoms. The van der Waals surface area contributed by atoms with Crippen LogP contribution in [0.5, 0.6) is 11.5 Å². The summed E-state index contributed by atoms with van der Waals surface area (Å²) in [6.45, 7) is 3.69. The summed E-state index contributed by atoms with van der Waals surface area (Å²) in [5.74, 6) is 0.166. The van der Waals surface area contributed by atoms with E-state index in [1.807, 2.05) is 12.1 Å². The molecule has 3 nitrogen and oxygen atoms in total. The fraction of sp³-hybridized carbons (Fsp3) is 0.0556. The first-order chi connectivity index (χ1) is 10.2. The molecule has 0 aromatic heterocycles. The first-order valence-corrected chi connectivity index (χ1v) is 6.53. The molecule has 0 unspecified atom stereocenters. The predicted octanol–water partition coefficient (Wildman–Crippen LogP) is 3.71. The Balaban J connectivity index is 2.54. The molecule has 0 saturated heterocycles. The molecule has 2 aromatic carbocycles. The van der Waals surface area contributed by atoms with Crippen molar-refractivity contribution in [1.82, 2.24) is 0 Å². The molecule has 2 N–H and O–H groups in total. The molecule has 0 bridgehead atoms. The maximum absolute atomic E-state index is 10.4. The van der Waals surface area contributed by atoms with E-state index in [0.717, 1.165) is 11.1 Å². The molecule has 0 radical (unpaired) electrons. The molecule has 106 valence electrons. The van der Waals surface area contributed by atoms with E-state index in [0.29, 0.717) is 23.8 Å². The number of rotatable bonds is 5.